The molecule has 0 spiro atoms. The van der Waals surface area contributed by atoms with E-state index in [2.05, 4.69) is 135 Å². The molecule has 0 bridgehead atoms. The molecule has 3 nitrogen and oxygen atoms in total. The normalized spacial score (nSPS) is 19.1. The lowest BCUT2D eigenvalue weighted by Gasteiger charge is -2.37. The summed E-state index contributed by atoms with van der Waals surface area (Å²) in [5, 5.41) is 6.16. The van der Waals surface area contributed by atoms with Crippen molar-refractivity contribution in [3.05, 3.63) is 148 Å². The van der Waals surface area contributed by atoms with Crippen LogP contribution >= 0.6 is 0 Å². The smallest absolute Gasteiger partial charge is 0.129 e. The summed E-state index contributed by atoms with van der Waals surface area (Å²) in [6.45, 7) is 6.95. The fourth-order valence-electron chi connectivity index (χ4n) is 6.80. The van der Waals surface area contributed by atoms with Crippen molar-refractivity contribution in [1.29, 1.82) is 0 Å². The number of benzene rings is 5. The minimum Gasteiger partial charge on any atom is -0.488 e. The van der Waals surface area contributed by atoms with Crippen LogP contribution < -0.4 is 10.1 Å². The number of rotatable bonds is 6. The van der Waals surface area contributed by atoms with Crippen molar-refractivity contribution in [2.24, 2.45) is 10.9 Å². The molecule has 42 heavy (non-hydrogen) atoms. The summed E-state index contributed by atoms with van der Waals surface area (Å²) in [6, 6.07) is 35.0. The molecule has 0 radical (unpaired) electrons. The zero-order valence-electron chi connectivity index (χ0n) is 24.5. The average molecular weight is 549 g/mol. The van der Waals surface area contributed by atoms with Crippen LogP contribution in [0.2, 0.25) is 0 Å². The molecule has 7 rings (SSSR count). The van der Waals surface area contributed by atoms with Gasteiger partial charge in [-0.2, -0.15) is 0 Å². The predicted molar refractivity (Wildman–Crippen MR) is 175 cm³/mol. The third-order valence-corrected chi connectivity index (χ3v) is 8.72. The van der Waals surface area contributed by atoms with E-state index in [0.717, 1.165) is 28.8 Å². The molecular weight excluding hydrogens is 512 g/mol. The molecule has 1 N–H and O–H groups in total. The SMILES string of the molecule is Cc1cc(C)cc(COc2ccc3ccccc3c2C=Nc2ccc([C@@H]3Nc4ccc(C)cc4[C@H]4C=CC[C@@H]43)cc2)c1. The summed E-state index contributed by atoms with van der Waals surface area (Å²) in [7, 11) is 0. The number of nitrogens with one attached hydrogen (secondary N) is 1. The van der Waals surface area contributed by atoms with Gasteiger partial charge in [0.25, 0.3) is 0 Å². The second kappa shape index (κ2) is 11.0. The van der Waals surface area contributed by atoms with Gasteiger partial charge in [-0.1, -0.05) is 102 Å². The molecule has 1 heterocycles. The van der Waals surface area contributed by atoms with Crippen molar-refractivity contribution in [2.45, 2.75) is 45.8 Å². The first-order chi connectivity index (χ1) is 20.5. The van der Waals surface area contributed by atoms with E-state index in [1.807, 2.05) is 6.21 Å². The van der Waals surface area contributed by atoms with Gasteiger partial charge in [0.05, 0.1) is 11.7 Å². The van der Waals surface area contributed by atoms with Crippen LogP contribution in [0.25, 0.3) is 10.8 Å². The standard InChI is InChI=1S/C39H36N2O/c1-25-11-17-37-35(22-25)33-9-6-10-34(33)39(41-37)30-12-15-31(16-13-30)40-23-36-32-8-5-4-7-29(32)14-18-38(36)42-24-28-20-26(2)19-27(3)21-28/h4-9,11-23,33-34,39,41H,10,24H2,1-3H3/t33-,34-,39-/m0/s1. The molecule has 5 aromatic rings. The van der Waals surface area contributed by atoms with E-state index < -0.39 is 0 Å². The molecule has 0 saturated carbocycles. The minimum absolute atomic E-state index is 0.279. The summed E-state index contributed by atoms with van der Waals surface area (Å²) in [5.41, 5.74) is 10.9. The van der Waals surface area contributed by atoms with Gasteiger partial charge in [0, 0.05) is 23.4 Å². The number of aliphatic imine (C=N–C) groups is 1. The van der Waals surface area contributed by atoms with Crippen LogP contribution in [0.3, 0.4) is 0 Å². The van der Waals surface area contributed by atoms with Gasteiger partial charge in [0.15, 0.2) is 0 Å². The summed E-state index contributed by atoms with van der Waals surface area (Å²) < 4.78 is 6.40. The molecule has 208 valence electrons. The molecular formula is C39H36N2O. The van der Waals surface area contributed by atoms with Crippen molar-refractivity contribution < 1.29 is 4.74 Å². The second-order valence-electron chi connectivity index (χ2n) is 11.9. The van der Waals surface area contributed by atoms with Crippen LogP contribution in [0, 0.1) is 26.7 Å². The van der Waals surface area contributed by atoms with Gasteiger partial charge in [-0.3, -0.25) is 4.99 Å². The van der Waals surface area contributed by atoms with Gasteiger partial charge in [0.1, 0.15) is 12.4 Å². The van der Waals surface area contributed by atoms with Crippen LogP contribution in [-0.4, -0.2) is 6.21 Å². The van der Waals surface area contributed by atoms with E-state index >= 15 is 0 Å². The van der Waals surface area contributed by atoms with Crippen LogP contribution in [-0.2, 0) is 6.61 Å². The summed E-state index contributed by atoms with van der Waals surface area (Å²) in [5.74, 6) is 1.84. The lowest BCUT2D eigenvalue weighted by atomic mass is 9.76. The number of hydrogen-bond acceptors (Lipinski definition) is 3. The maximum Gasteiger partial charge on any atom is 0.129 e. The van der Waals surface area contributed by atoms with E-state index in [9.17, 15) is 0 Å². The van der Waals surface area contributed by atoms with Crippen molar-refractivity contribution in [3.63, 3.8) is 0 Å². The highest BCUT2D eigenvalue weighted by atomic mass is 16.5. The molecule has 1 aliphatic heterocycles. The lowest BCUT2D eigenvalue weighted by Crippen LogP contribution is -2.29. The molecule has 0 aromatic heterocycles. The first-order valence-corrected chi connectivity index (χ1v) is 14.9. The summed E-state index contributed by atoms with van der Waals surface area (Å²) in [4.78, 5) is 4.93. The highest BCUT2D eigenvalue weighted by molar-refractivity contribution is 6.03. The van der Waals surface area contributed by atoms with E-state index in [-0.39, 0.29) is 6.04 Å². The Kier molecular flexibility index (Phi) is 6.87. The maximum absolute atomic E-state index is 6.40. The fraction of sp³-hybridized carbons (Fsp3) is 0.205. The van der Waals surface area contributed by atoms with E-state index in [0.29, 0.717) is 18.4 Å². The lowest BCUT2D eigenvalue weighted by molar-refractivity contribution is 0.306. The Balaban J connectivity index is 1.15. The van der Waals surface area contributed by atoms with Gasteiger partial charge in [0.2, 0.25) is 0 Å². The zero-order chi connectivity index (χ0) is 28.6. The second-order valence-corrected chi connectivity index (χ2v) is 11.9. The first-order valence-electron chi connectivity index (χ1n) is 14.9. The highest BCUT2D eigenvalue weighted by Gasteiger charge is 2.37. The van der Waals surface area contributed by atoms with E-state index in [1.165, 1.54) is 44.5 Å². The average Bonchev–Trinajstić information content (AvgIpc) is 3.49. The molecule has 2 aliphatic rings. The number of allylic oxidation sites excluding steroid dienone is 2. The molecule has 0 unspecified atom stereocenters. The van der Waals surface area contributed by atoms with Crippen molar-refractivity contribution in [3.8, 4) is 5.75 Å². The van der Waals surface area contributed by atoms with Crippen molar-refractivity contribution in [2.75, 3.05) is 5.32 Å². The maximum atomic E-state index is 6.40. The van der Waals surface area contributed by atoms with Crippen molar-refractivity contribution in [1.82, 2.24) is 0 Å². The zero-order valence-corrected chi connectivity index (χ0v) is 24.5. The van der Waals surface area contributed by atoms with Crippen LogP contribution in [0.1, 0.15) is 57.3 Å². The Morgan fingerprint density at radius 1 is 0.833 bits per heavy atom. The highest BCUT2D eigenvalue weighted by Crippen LogP contribution is 2.50. The molecule has 3 heteroatoms. The van der Waals surface area contributed by atoms with Gasteiger partial charge < -0.3 is 10.1 Å². The monoisotopic (exact) mass is 548 g/mol. The van der Waals surface area contributed by atoms with Crippen LogP contribution in [0.5, 0.6) is 5.75 Å². The molecule has 5 aromatic carbocycles. The number of ether oxygens (including phenoxy) is 1. The topological polar surface area (TPSA) is 33.6 Å². The molecule has 1 aliphatic carbocycles. The van der Waals surface area contributed by atoms with Crippen molar-refractivity contribution >= 4 is 28.4 Å². The Bertz CT molecular complexity index is 1810. The van der Waals surface area contributed by atoms with Gasteiger partial charge in [-0.05, 0) is 84.8 Å². The minimum atomic E-state index is 0.279. The van der Waals surface area contributed by atoms with E-state index in [1.54, 1.807) is 0 Å². The Labute approximate surface area is 248 Å². The first kappa shape index (κ1) is 26.3. The largest absolute Gasteiger partial charge is 0.488 e. The molecule has 0 saturated heterocycles. The number of nitrogens with zero attached hydrogens (tertiary/aromatic N) is 1. The molecule has 0 amide bonds. The third kappa shape index (κ3) is 5.12. The quantitative estimate of drug-likeness (QED) is 0.169. The fourth-order valence-corrected chi connectivity index (χ4v) is 6.80. The summed E-state index contributed by atoms with van der Waals surface area (Å²) in [6.07, 6.45) is 7.81. The summed E-state index contributed by atoms with van der Waals surface area (Å²) >= 11 is 0. The predicted octanol–water partition coefficient (Wildman–Crippen LogP) is 9.92. The molecule has 0 fully saturated rings. The molecule has 3 atom stereocenters. The number of fused-ring (bicyclic) bond motifs is 4. The van der Waals surface area contributed by atoms with Gasteiger partial charge >= 0.3 is 0 Å². The van der Waals surface area contributed by atoms with Crippen LogP contribution in [0.4, 0.5) is 11.4 Å². The Hall–Kier alpha value is -4.63. The third-order valence-electron chi connectivity index (χ3n) is 8.72. The van der Waals surface area contributed by atoms with Gasteiger partial charge in [-0.15, -0.1) is 0 Å². The Morgan fingerprint density at radius 3 is 2.48 bits per heavy atom. The van der Waals surface area contributed by atoms with Gasteiger partial charge in [-0.25, -0.2) is 0 Å². The Morgan fingerprint density at radius 2 is 1.64 bits per heavy atom. The number of hydrogen-bond donors (Lipinski definition) is 1. The number of aryl methyl sites for hydroxylation is 3. The van der Waals surface area contributed by atoms with E-state index in [4.69, 9.17) is 9.73 Å². The van der Waals surface area contributed by atoms with Crippen LogP contribution in [0.15, 0.2) is 114 Å². The number of anilines is 1.